The Labute approximate surface area is 229 Å². The van der Waals surface area contributed by atoms with Gasteiger partial charge in [0.2, 0.25) is 0 Å². The van der Waals surface area contributed by atoms with Crippen LogP contribution < -0.4 is 10.3 Å². The molecule has 0 N–H and O–H groups in total. The summed E-state index contributed by atoms with van der Waals surface area (Å²) in [6, 6.07) is 17.5. The zero-order valence-corrected chi connectivity index (χ0v) is 22.6. The van der Waals surface area contributed by atoms with Crippen molar-refractivity contribution in [1.82, 2.24) is 24.3 Å². The second-order valence-corrected chi connectivity index (χ2v) is 10.2. The number of rotatable bonds is 12. The zero-order chi connectivity index (χ0) is 26.9. The molecule has 0 amide bonds. The number of piperidine rings is 1. The standard InChI is InChI=1S/C31H37N5O3/c1-34-30-8-7-29(20-27(30)6-9-31(34)37)38-19-18-36(23-25-4-2-12-32-21-25)17-16-35-14-10-28(11-15-35)39-24-26-5-3-13-33-22-26/h2-9,12-13,20-22,28H,10-11,14-19,23-24H2,1H3. The van der Waals surface area contributed by atoms with Crippen molar-refractivity contribution in [1.29, 1.82) is 0 Å². The highest BCUT2D eigenvalue weighted by Crippen LogP contribution is 2.20. The number of ether oxygens (including phenoxy) is 2. The molecular formula is C31H37N5O3. The van der Waals surface area contributed by atoms with E-state index in [2.05, 4.69) is 31.9 Å². The number of likely N-dealkylation sites (tertiary alicyclic amines) is 1. The first-order valence-electron chi connectivity index (χ1n) is 13.7. The Morgan fingerprint density at radius 2 is 1.72 bits per heavy atom. The molecule has 0 atom stereocenters. The van der Waals surface area contributed by atoms with Gasteiger partial charge in [0, 0.05) is 82.6 Å². The van der Waals surface area contributed by atoms with Crippen LogP contribution in [0.3, 0.4) is 0 Å². The Morgan fingerprint density at radius 1 is 0.949 bits per heavy atom. The van der Waals surface area contributed by atoms with Crippen molar-refractivity contribution in [3.05, 3.63) is 101 Å². The molecule has 1 aromatic carbocycles. The minimum atomic E-state index is -0.0105. The van der Waals surface area contributed by atoms with E-state index < -0.39 is 0 Å². The van der Waals surface area contributed by atoms with Gasteiger partial charge in [-0.3, -0.25) is 19.7 Å². The second kappa shape index (κ2) is 13.5. The highest BCUT2D eigenvalue weighted by atomic mass is 16.5. The van der Waals surface area contributed by atoms with Crippen LogP contribution in [0.4, 0.5) is 0 Å². The lowest BCUT2D eigenvalue weighted by Gasteiger charge is -2.33. The van der Waals surface area contributed by atoms with Crippen LogP contribution in [-0.2, 0) is 24.9 Å². The van der Waals surface area contributed by atoms with E-state index in [4.69, 9.17) is 9.47 Å². The molecule has 8 heteroatoms. The number of fused-ring (bicyclic) bond motifs is 1. The number of aryl methyl sites for hydroxylation is 1. The molecule has 0 saturated carbocycles. The number of hydrogen-bond acceptors (Lipinski definition) is 7. The average Bonchev–Trinajstić information content (AvgIpc) is 2.98. The van der Waals surface area contributed by atoms with Crippen molar-refractivity contribution in [3.63, 3.8) is 0 Å². The van der Waals surface area contributed by atoms with Gasteiger partial charge in [-0.1, -0.05) is 12.1 Å². The molecule has 1 aliphatic rings. The molecule has 5 rings (SSSR count). The summed E-state index contributed by atoms with van der Waals surface area (Å²) < 4.78 is 13.9. The van der Waals surface area contributed by atoms with Gasteiger partial charge in [0.25, 0.3) is 5.56 Å². The second-order valence-electron chi connectivity index (χ2n) is 10.2. The molecule has 4 aromatic rings. The minimum absolute atomic E-state index is 0.0105. The summed E-state index contributed by atoms with van der Waals surface area (Å²) in [7, 11) is 1.79. The number of pyridine rings is 3. The van der Waals surface area contributed by atoms with Crippen molar-refractivity contribution in [2.75, 3.05) is 39.3 Å². The lowest BCUT2D eigenvalue weighted by Crippen LogP contribution is -2.42. The summed E-state index contributed by atoms with van der Waals surface area (Å²) in [5.74, 6) is 0.816. The van der Waals surface area contributed by atoms with Gasteiger partial charge in [0.05, 0.1) is 18.2 Å². The van der Waals surface area contributed by atoms with Crippen molar-refractivity contribution >= 4 is 10.9 Å². The summed E-state index contributed by atoms with van der Waals surface area (Å²) in [5, 5.41) is 0.995. The zero-order valence-electron chi connectivity index (χ0n) is 22.6. The Morgan fingerprint density at radius 3 is 2.46 bits per heavy atom. The van der Waals surface area contributed by atoms with Gasteiger partial charge in [-0.15, -0.1) is 0 Å². The van der Waals surface area contributed by atoms with E-state index in [9.17, 15) is 4.79 Å². The fourth-order valence-electron chi connectivity index (χ4n) is 5.05. The summed E-state index contributed by atoms with van der Waals surface area (Å²) >= 11 is 0. The molecule has 8 nitrogen and oxygen atoms in total. The van der Waals surface area contributed by atoms with Crippen LogP contribution in [0.25, 0.3) is 10.9 Å². The van der Waals surface area contributed by atoms with E-state index in [1.54, 1.807) is 23.9 Å². The van der Waals surface area contributed by atoms with E-state index in [0.717, 1.165) is 74.3 Å². The fraction of sp³-hybridized carbons (Fsp3) is 0.387. The van der Waals surface area contributed by atoms with Crippen LogP contribution in [0, 0.1) is 0 Å². The monoisotopic (exact) mass is 527 g/mol. The molecule has 0 unspecified atom stereocenters. The van der Waals surface area contributed by atoms with Crippen LogP contribution in [0.15, 0.2) is 84.2 Å². The first kappa shape index (κ1) is 27.0. The quantitative estimate of drug-likeness (QED) is 0.277. The molecule has 3 aromatic heterocycles. The van der Waals surface area contributed by atoms with E-state index in [1.165, 1.54) is 5.56 Å². The first-order chi connectivity index (χ1) is 19.1. The number of nitrogens with zero attached hydrogens (tertiary/aromatic N) is 5. The number of aromatic nitrogens is 3. The lowest BCUT2D eigenvalue weighted by atomic mass is 10.1. The van der Waals surface area contributed by atoms with Crippen LogP contribution in [0.5, 0.6) is 5.75 Å². The summed E-state index contributed by atoms with van der Waals surface area (Å²) in [6.45, 7) is 6.93. The predicted molar refractivity (Wildman–Crippen MR) is 153 cm³/mol. The molecule has 4 heterocycles. The average molecular weight is 528 g/mol. The Bertz CT molecular complexity index is 1370. The van der Waals surface area contributed by atoms with Crippen molar-refractivity contribution in [2.45, 2.75) is 32.1 Å². The minimum Gasteiger partial charge on any atom is -0.492 e. The molecule has 1 fully saturated rings. The SMILES string of the molecule is Cn1c(=O)ccc2cc(OCCN(CCN3CCC(OCc4cccnc4)CC3)Cc3cccnc3)ccc21. The fourth-order valence-corrected chi connectivity index (χ4v) is 5.05. The van der Waals surface area contributed by atoms with Crippen molar-refractivity contribution < 1.29 is 9.47 Å². The topological polar surface area (TPSA) is 72.7 Å². The molecule has 0 aliphatic carbocycles. The first-order valence-corrected chi connectivity index (χ1v) is 13.7. The van der Waals surface area contributed by atoms with E-state index >= 15 is 0 Å². The highest BCUT2D eigenvalue weighted by molar-refractivity contribution is 5.80. The van der Waals surface area contributed by atoms with Gasteiger partial charge in [-0.05, 0) is 60.4 Å². The van der Waals surface area contributed by atoms with E-state index in [1.807, 2.05) is 55.0 Å². The third kappa shape index (κ3) is 7.72. The number of hydrogen-bond donors (Lipinski definition) is 0. The number of benzene rings is 1. The summed E-state index contributed by atoms with van der Waals surface area (Å²) in [6.07, 6.45) is 9.84. The maximum absolute atomic E-state index is 11.9. The third-order valence-corrected chi connectivity index (χ3v) is 7.38. The normalized spacial score (nSPS) is 14.7. The van der Waals surface area contributed by atoms with Gasteiger partial charge in [0.15, 0.2) is 0 Å². The largest absolute Gasteiger partial charge is 0.492 e. The Kier molecular flexibility index (Phi) is 9.32. The van der Waals surface area contributed by atoms with Crippen molar-refractivity contribution in [2.24, 2.45) is 7.05 Å². The molecule has 204 valence electrons. The maximum Gasteiger partial charge on any atom is 0.250 e. The molecule has 0 bridgehead atoms. The third-order valence-electron chi connectivity index (χ3n) is 7.38. The molecule has 0 radical (unpaired) electrons. The molecular weight excluding hydrogens is 490 g/mol. The Balaban J connectivity index is 1.11. The van der Waals surface area contributed by atoms with Crippen LogP contribution in [-0.4, -0.2) is 69.8 Å². The molecule has 39 heavy (non-hydrogen) atoms. The molecule has 1 aliphatic heterocycles. The summed E-state index contributed by atoms with van der Waals surface area (Å²) in [5.41, 5.74) is 3.22. The van der Waals surface area contributed by atoms with Gasteiger partial charge < -0.3 is 18.9 Å². The van der Waals surface area contributed by atoms with Crippen LogP contribution in [0.1, 0.15) is 24.0 Å². The van der Waals surface area contributed by atoms with Gasteiger partial charge in [0.1, 0.15) is 12.4 Å². The van der Waals surface area contributed by atoms with E-state index in [-0.39, 0.29) is 5.56 Å². The van der Waals surface area contributed by atoms with Gasteiger partial charge in [-0.2, -0.15) is 0 Å². The Hall–Kier alpha value is -3.59. The van der Waals surface area contributed by atoms with Crippen LogP contribution in [0.2, 0.25) is 0 Å². The summed E-state index contributed by atoms with van der Waals surface area (Å²) in [4.78, 5) is 25.3. The van der Waals surface area contributed by atoms with Gasteiger partial charge >= 0.3 is 0 Å². The lowest BCUT2D eigenvalue weighted by molar-refractivity contribution is -0.00416. The van der Waals surface area contributed by atoms with Crippen LogP contribution >= 0.6 is 0 Å². The smallest absolute Gasteiger partial charge is 0.250 e. The molecule has 1 saturated heterocycles. The molecule has 0 spiro atoms. The van der Waals surface area contributed by atoms with Crippen molar-refractivity contribution in [3.8, 4) is 5.75 Å². The predicted octanol–water partition coefficient (Wildman–Crippen LogP) is 3.89. The van der Waals surface area contributed by atoms with E-state index in [0.29, 0.717) is 19.3 Å². The van der Waals surface area contributed by atoms with Gasteiger partial charge in [-0.25, -0.2) is 0 Å². The maximum atomic E-state index is 11.9. The highest BCUT2D eigenvalue weighted by Gasteiger charge is 2.20.